The molecule has 1 atom stereocenters. The van der Waals surface area contributed by atoms with Crippen LogP contribution in [0.4, 0.5) is 26.0 Å². The third kappa shape index (κ3) is 5.36. The number of hydrogen-bond acceptors (Lipinski definition) is 4. The molecule has 0 spiro atoms. The van der Waals surface area contributed by atoms with Crippen molar-refractivity contribution in [2.45, 2.75) is 26.2 Å². The lowest BCUT2D eigenvalue weighted by atomic mass is 10.2. The normalized spacial score (nSPS) is 15.3. The van der Waals surface area contributed by atoms with E-state index in [1.807, 2.05) is 0 Å². The summed E-state index contributed by atoms with van der Waals surface area (Å²) in [4.78, 5) is 27.3. The average molecular weight is 437 g/mol. The monoisotopic (exact) mass is 437 g/mol. The Balaban J connectivity index is 1.73. The summed E-state index contributed by atoms with van der Waals surface area (Å²) >= 11 is -1.68. The molecule has 2 amide bonds. The molecular weight excluding hydrogens is 416 g/mol. The molecule has 11 heteroatoms. The maximum absolute atomic E-state index is 14.8. The minimum absolute atomic E-state index is 0.0400. The molecule has 1 aliphatic heterocycles. The molecule has 3 N–H and O–H groups in total. The van der Waals surface area contributed by atoms with Gasteiger partial charge in [0.05, 0.1) is 11.3 Å². The topological polar surface area (TPSA) is 103 Å². The van der Waals surface area contributed by atoms with E-state index in [0.717, 1.165) is 31.4 Å². The summed E-state index contributed by atoms with van der Waals surface area (Å²) in [7, 11) is 0. The zero-order valence-corrected chi connectivity index (χ0v) is 17.0. The lowest BCUT2D eigenvalue weighted by molar-refractivity contribution is -0.114. The van der Waals surface area contributed by atoms with Crippen LogP contribution in [-0.2, 0) is 16.0 Å². The molecular formula is C19H21F2N5O3S. The van der Waals surface area contributed by atoms with Gasteiger partial charge >= 0.3 is 0 Å². The number of piperidine rings is 1. The van der Waals surface area contributed by atoms with Crippen molar-refractivity contribution in [1.82, 2.24) is 9.29 Å². The van der Waals surface area contributed by atoms with E-state index in [1.54, 1.807) is 4.31 Å². The smallest absolute Gasteiger partial charge is 0.257 e. The standard InChI is InChI=1S/C19H21F2N5O3S/c1-12(27)23-16-8-5-13(11-22-16)19(28)24-18-14(20)6-7-15(17(18)21)25-30(29)26-9-3-2-4-10-26/h5-8,11,25H,2-4,9-10H2,1H3,(H,24,28)(H,22,23,27). The molecule has 2 aromatic rings. The summed E-state index contributed by atoms with van der Waals surface area (Å²) in [6, 6.07) is 4.86. The lowest BCUT2D eigenvalue weighted by Gasteiger charge is -2.25. The average Bonchev–Trinajstić information content (AvgIpc) is 2.73. The molecule has 1 aromatic heterocycles. The number of nitrogens with one attached hydrogen (secondary N) is 3. The zero-order valence-electron chi connectivity index (χ0n) is 16.2. The highest BCUT2D eigenvalue weighted by Crippen LogP contribution is 2.27. The van der Waals surface area contributed by atoms with Crippen molar-refractivity contribution in [3.8, 4) is 0 Å². The maximum Gasteiger partial charge on any atom is 0.257 e. The van der Waals surface area contributed by atoms with E-state index in [9.17, 15) is 22.6 Å². The minimum atomic E-state index is -1.68. The number of anilines is 3. The first kappa shape index (κ1) is 21.8. The predicted molar refractivity (Wildman–Crippen MR) is 110 cm³/mol. The molecule has 0 bridgehead atoms. The van der Waals surface area contributed by atoms with Crippen LogP contribution in [0.2, 0.25) is 0 Å². The molecule has 0 radical (unpaired) electrons. The van der Waals surface area contributed by atoms with Crippen LogP contribution < -0.4 is 15.4 Å². The summed E-state index contributed by atoms with van der Waals surface area (Å²) in [5.41, 5.74) is -0.806. The fourth-order valence-corrected chi connectivity index (χ4v) is 3.97. The molecule has 1 aromatic carbocycles. The lowest BCUT2D eigenvalue weighted by Crippen LogP contribution is -2.35. The summed E-state index contributed by atoms with van der Waals surface area (Å²) in [5.74, 6) is -2.91. The van der Waals surface area contributed by atoms with E-state index in [2.05, 4.69) is 20.3 Å². The molecule has 2 heterocycles. The molecule has 1 saturated heterocycles. The number of nitrogens with zero attached hydrogens (tertiary/aromatic N) is 2. The van der Waals surface area contributed by atoms with Crippen LogP contribution >= 0.6 is 0 Å². The van der Waals surface area contributed by atoms with Gasteiger partial charge in [0.25, 0.3) is 5.91 Å². The molecule has 1 aliphatic rings. The Hall–Kier alpha value is -2.92. The number of aromatic nitrogens is 1. The number of halogens is 2. The molecule has 3 rings (SSSR count). The Bertz CT molecular complexity index is 965. The van der Waals surface area contributed by atoms with Gasteiger partial charge in [-0.1, -0.05) is 6.42 Å². The van der Waals surface area contributed by atoms with Gasteiger partial charge in [-0.15, -0.1) is 0 Å². The first-order chi connectivity index (χ1) is 14.3. The summed E-state index contributed by atoms with van der Waals surface area (Å²) < 4.78 is 45.6. The van der Waals surface area contributed by atoms with Crippen molar-refractivity contribution in [3.05, 3.63) is 47.7 Å². The number of pyridine rings is 1. The number of benzene rings is 1. The second kappa shape index (κ2) is 9.72. The fourth-order valence-electron chi connectivity index (χ4n) is 2.90. The first-order valence-corrected chi connectivity index (χ1v) is 10.4. The second-order valence-corrected chi connectivity index (χ2v) is 7.91. The minimum Gasteiger partial charge on any atom is -0.317 e. The van der Waals surface area contributed by atoms with E-state index < -0.39 is 34.4 Å². The van der Waals surface area contributed by atoms with Crippen molar-refractivity contribution in [1.29, 1.82) is 0 Å². The Morgan fingerprint density at radius 3 is 2.43 bits per heavy atom. The van der Waals surface area contributed by atoms with Crippen LogP contribution in [0.25, 0.3) is 0 Å². The molecule has 8 nitrogen and oxygen atoms in total. The van der Waals surface area contributed by atoms with E-state index in [4.69, 9.17) is 0 Å². The van der Waals surface area contributed by atoms with Crippen LogP contribution in [0, 0.1) is 11.6 Å². The third-order valence-electron chi connectivity index (χ3n) is 4.41. The number of rotatable bonds is 6. The summed E-state index contributed by atoms with van der Waals surface area (Å²) in [6.07, 6.45) is 4.02. The van der Waals surface area contributed by atoms with E-state index in [-0.39, 0.29) is 23.0 Å². The second-order valence-electron chi connectivity index (χ2n) is 6.69. The summed E-state index contributed by atoms with van der Waals surface area (Å²) in [5, 5.41) is 4.63. The van der Waals surface area contributed by atoms with Gasteiger partial charge < -0.3 is 10.6 Å². The van der Waals surface area contributed by atoms with Crippen molar-refractivity contribution < 1.29 is 22.6 Å². The van der Waals surface area contributed by atoms with E-state index >= 15 is 0 Å². The van der Waals surface area contributed by atoms with Gasteiger partial charge in [0.2, 0.25) is 5.91 Å². The van der Waals surface area contributed by atoms with Crippen LogP contribution in [0.1, 0.15) is 36.5 Å². The molecule has 30 heavy (non-hydrogen) atoms. The highest BCUT2D eigenvalue weighted by Gasteiger charge is 2.21. The Labute approximate surface area is 174 Å². The zero-order chi connectivity index (χ0) is 21.7. The molecule has 1 fully saturated rings. The van der Waals surface area contributed by atoms with Crippen LogP contribution in [0.3, 0.4) is 0 Å². The van der Waals surface area contributed by atoms with Crippen LogP contribution in [-0.4, -0.2) is 38.4 Å². The number of hydrogen-bond donors (Lipinski definition) is 3. The quantitative estimate of drug-likeness (QED) is 0.646. The first-order valence-electron chi connectivity index (χ1n) is 9.31. The SMILES string of the molecule is CC(=O)Nc1ccc(C(=O)Nc2c(F)ccc(NS(=O)N3CCCCC3)c2F)cn1. The maximum atomic E-state index is 14.8. The summed E-state index contributed by atoms with van der Waals surface area (Å²) in [6.45, 7) is 2.55. The van der Waals surface area contributed by atoms with Crippen LogP contribution in [0.5, 0.6) is 0 Å². The number of carbonyl (C=O) groups is 2. The largest absolute Gasteiger partial charge is 0.317 e. The van der Waals surface area contributed by atoms with E-state index in [0.29, 0.717) is 13.1 Å². The fraction of sp³-hybridized carbons (Fsp3) is 0.316. The predicted octanol–water partition coefficient (Wildman–Crippen LogP) is 3.05. The van der Waals surface area contributed by atoms with E-state index in [1.165, 1.54) is 25.3 Å². The highest BCUT2D eigenvalue weighted by molar-refractivity contribution is 7.84. The van der Waals surface area contributed by atoms with Gasteiger partial charge in [-0.3, -0.25) is 14.3 Å². The van der Waals surface area contributed by atoms with Gasteiger partial charge in [-0.25, -0.2) is 22.3 Å². The van der Waals surface area contributed by atoms with Gasteiger partial charge in [0.1, 0.15) is 17.3 Å². The molecule has 1 unspecified atom stereocenters. The number of amides is 2. The van der Waals surface area contributed by atoms with Crippen molar-refractivity contribution in [2.75, 3.05) is 28.4 Å². The Morgan fingerprint density at radius 2 is 1.80 bits per heavy atom. The number of carbonyl (C=O) groups excluding carboxylic acids is 2. The van der Waals surface area contributed by atoms with Gasteiger partial charge in [0.15, 0.2) is 17.0 Å². The molecule has 0 saturated carbocycles. The molecule has 160 valence electrons. The van der Waals surface area contributed by atoms with Gasteiger partial charge in [-0.2, -0.15) is 0 Å². The Kier molecular flexibility index (Phi) is 7.06. The van der Waals surface area contributed by atoms with Crippen LogP contribution in [0.15, 0.2) is 30.5 Å². The van der Waals surface area contributed by atoms with Gasteiger partial charge in [-0.05, 0) is 37.1 Å². The molecule has 0 aliphatic carbocycles. The van der Waals surface area contributed by atoms with Crippen molar-refractivity contribution in [2.24, 2.45) is 0 Å². The van der Waals surface area contributed by atoms with Gasteiger partial charge in [0, 0.05) is 26.2 Å². The van der Waals surface area contributed by atoms with Crippen molar-refractivity contribution in [3.63, 3.8) is 0 Å². The highest BCUT2D eigenvalue weighted by atomic mass is 32.2. The van der Waals surface area contributed by atoms with Crippen molar-refractivity contribution >= 4 is 40.2 Å². The third-order valence-corrected chi connectivity index (χ3v) is 5.63. The Morgan fingerprint density at radius 1 is 1.07 bits per heavy atom.